The Morgan fingerprint density at radius 2 is 0.635 bits per heavy atom. The van der Waals surface area contributed by atoms with Gasteiger partial charge in [0.2, 0.25) is 5.91 Å². The van der Waals surface area contributed by atoms with Crippen molar-refractivity contribution < 1.29 is 89.4 Å². The zero-order valence-electron chi connectivity index (χ0n) is 66.9. The lowest BCUT2D eigenvalue weighted by molar-refractivity contribution is -0.303. The number of carbonyl (C=O) groups excluding carboxylic acids is 2. The summed E-state index contributed by atoms with van der Waals surface area (Å²) in [6.07, 6.45) is 48.9. The summed E-state index contributed by atoms with van der Waals surface area (Å²) in [4.78, 5) is 25.8. The number of amides is 1. The average Bonchev–Trinajstić information content (AvgIpc) is 0.824. The van der Waals surface area contributed by atoms with E-state index in [1.165, 1.54) is 263 Å². The molecule has 4 unspecified atom stereocenters. The van der Waals surface area contributed by atoms with Crippen molar-refractivity contribution >= 4 is 11.9 Å². The van der Waals surface area contributed by atoms with E-state index >= 15 is 0 Å². The molecular formula is C84H166N2O18. The van der Waals surface area contributed by atoms with Gasteiger partial charge in [-0.2, -0.15) is 0 Å². The van der Waals surface area contributed by atoms with Gasteiger partial charge in [-0.25, -0.2) is 0 Å². The number of carbonyl (C=O) groups is 2. The Labute approximate surface area is 634 Å². The van der Waals surface area contributed by atoms with Gasteiger partial charge < -0.3 is 90.9 Å². The molecule has 2 saturated heterocycles. The fourth-order valence-electron chi connectivity index (χ4n) is 14.3. The standard InChI is InChI=1S/2C42H83NO9/c1-3-5-7-9-11-13-15-17-18-19-21-23-25-27-29-31-37(45)51-35(30-28-26-24-22-20-16-14-12-10-8-6-4-2)38(46)34(43)33-50-42-41(49)40(48)39(47)36(32-44)52-42;1-3-5-7-9-11-13-15-17-18-19-21-23-25-27-29-31-37(46)43-34(33-51-42-41(50)40(49)39(48)36(32-44)52-42)38(47)35(45)30-28-26-24-22-20-16-14-12-10-8-6-4-2/h34-36,38-42,44,46-49H,3-33,43H2,1-2H3;34-36,38-42,44-45,47-50H,3-33H2,1-2H3,(H,43,46)/t2*34-,35+,36?,38-,39-,40-,41?,42-/m00/s1. The third-order valence-electron chi connectivity index (χ3n) is 21.5. The van der Waals surface area contributed by atoms with Gasteiger partial charge in [0.25, 0.3) is 0 Å². The molecule has 0 aliphatic carbocycles. The van der Waals surface area contributed by atoms with Crippen molar-refractivity contribution in [3.05, 3.63) is 0 Å². The molecule has 16 atom stereocenters. The lowest BCUT2D eigenvalue weighted by Gasteiger charge is -2.40. The van der Waals surface area contributed by atoms with Crippen LogP contribution in [0.25, 0.3) is 0 Å². The average molecular weight is 1490 g/mol. The Kier molecular flexibility index (Phi) is 67.9. The normalized spacial score (nSPS) is 22.3. The molecule has 0 radical (unpaired) electrons. The summed E-state index contributed by atoms with van der Waals surface area (Å²) in [5, 5.41) is 116. The van der Waals surface area contributed by atoms with E-state index in [1.807, 2.05) is 0 Å². The van der Waals surface area contributed by atoms with Crippen LogP contribution in [-0.2, 0) is 33.3 Å². The zero-order chi connectivity index (χ0) is 76.5. The molecular weight excluding hydrogens is 1320 g/mol. The number of ether oxygens (including phenoxy) is 5. The van der Waals surface area contributed by atoms with Gasteiger partial charge in [-0.3, -0.25) is 9.59 Å². The van der Waals surface area contributed by atoms with Gasteiger partial charge >= 0.3 is 5.97 Å². The van der Waals surface area contributed by atoms with Gasteiger partial charge in [0.1, 0.15) is 67.1 Å². The predicted molar refractivity (Wildman–Crippen MR) is 418 cm³/mol. The molecule has 0 saturated carbocycles. The van der Waals surface area contributed by atoms with E-state index < -0.39 is 111 Å². The molecule has 1 amide bonds. The van der Waals surface area contributed by atoms with Crippen molar-refractivity contribution in [3.63, 3.8) is 0 Å². The monoisotopic (exact) mass is 1490 g/mol. The molecule has 0 aromatic carbocycles. The molecule has 20 nitrogen and oxygen atoms in total. The van der Waals surface area contributed by atoms with Crippen LogP contribution in [0.5, 0.6) is 0 Å². The van der Waals surface area contributed by atoms with Crippen LogP contribution in [0, 0.1) is 0 Å². The van der Waals surface area contributed by atoms with E-state index in [4.69, 9.17) is 29.4 Å². The summed E-state index contributed by atoms with van der Waals surface area (Å²) in [6, 6.07) is -1.95. The largest absolute Gasteiger partial charge is 0.460 e. The second kappa shape index (κ2) is 70.4. The fraction of sp³-hybridized carbons (Fsp3) is 0.976. The molecule has 0 bridgehead atoms. The summed E-state index contributed by atoms with van der Waals surface area (Å²) in [6.45, 7) is 7.27. The number of hydrogen-bond acceptors (Lipinski definition) is 19. The van der Waals surface area contributed by atoms with Crippen molar-refractivity contribution in [2.45, 2.75) is 498 Å². The first-order chi connectivity index (χ1) is 50.5. The highest BCUT2D eigenvalue weighted by molar-refractivity contribution is 5.76. The predicted octanol–water partition coefficient (Wildman–Crippen LogP) is 15.1. The van der Waals surface area contributed by atoms with Crippen molar-refractivity contribution in [2.75, 3.05) is 26.4 Å². The van der Waals surface area contributed by atoms with E-state index in [0.29, 0.717) is 19.3 Å². The Morgan fingerprint density at radius 3 is 0.952 bits per heavy atom. The molecule has 104 heavy (non-hydrogen) atoms. The number of rotatable bonds is 72. The first-order valence-electron chi connectivity index (χ1n) is 43.7. The Hall–Kier alpha value is -1.70. The lowest BCUT2D eigenvalue weighted by atomic mass is 9.98. The van der Waals surface area contributed by atoms with Crippen LogP contribution < -0.4 is 11.1 Å². The zero-order valence-corrected chi connectivity index (χ0v) is 66.9. The smallest absolute Gasteiger partial charge is 0.306 e. The van der Waals surface area contributed by atoms with Crippen LogP contribution in [-0.4, -0.2) is 192 Å². The van der Waals surface area contributed by atoms with Crippen LogP contribution >= 0.6 is 0 Å². The summed E-state index contributed by atoms with van der Waals surface area (Å²) in [5.41, 5.74) is 6.29. The van der Waals surface area contributed by atoms with Gasteiger partial charge in [0.05, 0.1) is 44.6 Å². The number of nitrogens with two attached hydrogens (primary N) is 1. The van der Waals surface area contributed by atoms with E-state index in [2.05, 4.69) is 33.0 Å². The molecule has 2 aliphatic rings. The number of nitrogens with one attached hydrogen (secondary N) is 1. The lowest BCUT2D eigenvalue weighted by Crippen LogP contribution is -2.60. The third kappa shape index (κ3) is 51.7. The van der Waals surface area contributed by atoms with Crippen molar-refractivity contribution in [2.24, 2.45) is 5.73 Å². The topological polar surface area (TPSA) is 341 Å². The molecule has 0 spiro atoms. The number of hydrogen-bond donors (Lipinski definition) is 13. The second-order valence-electron chi connectivity index (χ2n) is 31.2. The van der Waals surface area contributed by atoms with Crippen LogP contribution in [0.4, 0.5) is 0 Å². The second-order valence-corrected chi connectivity index (χ2v) is 31.2. The quantitative estimate of drug-likeness (QED) is 0.0199. The highest BCUT2D eigenvalue weighted by Crippen LogP contribution is 2.27. The summed E-state index contributed by atoms with van der Waals surface area (Å²) in [7, 11) is 0. The minimum atomic E-state index is -1.60. The SMILES string of the molecule is CCCCCCCCCCCCCCCCCC(=O)N[C@@H](CO[C@H]1OC(CO)[C@H](O)[C@H](O)C1O)[C@H](O)[C@H](O)CCCCCCCCCCCCCC.CCCCCCCCCCCCCCCCCC(=O)O[C@H](CCCCCCCCCCCCCC)[C@@H](O)[C@@H](N)CO[C@H]1OC(CO)[C@H](O)[C@H](O)C1O. The third-order valence-corrected chi connectivity index (χ3v) is 21.5. The molecule has 2 fully saturated rings. The van der Waals surface area contributed by atoms with Gasteiger partial charge in [-0.1, -0.05) is 355 Å². The molecule has 0 aromatic heterocycles. The highest BCUT2D eigenvalue weighted by atomic mass is 16.7. The van der Waals surface area contributed by atoms with E-state index in [-0.39, 0.29) is 31.5 Å². The highest BCUT2D eigenvalue weighted by Gasteiger charge is 2.46. The Bertz CT molecular complexity index is 1860. The van der Waals surface area contributed by atoms with Gasteiger partial charge in [0.15, 0.2) is 12.6 Å². The minimum Gasteiger partial charge on any atom is -0.460 e. The van der Waals surface area contributed by atoms with Gasteiger partial charge in [0, 0.05) is 12.8 Å². The van der Waals surface area contributed by atoms with Crippen LogP contribution in [0.2, 0.25) is 0 Å². The van der Waals surface area contributed by atoms with Crippen molar-refractivity contribution in [1.29, 1.82) is 0 Å². The molecule has 2 heterocycles. The fourth-order valence-corrected chi connectivity index (χ4v) is 14.3. The minimum absolute atomic E-state index is 0.255. The van der Waals surface area contributed by atoms with Crippen LogP contribution in [0.15, 0.2) is 0 Å². The molecule has 14 N–H and O–H groups in total. The number of esters is 1. The van der Waals surface area contributed by atoms with Crippen LogP contribution in [0.3, 0.4) is 0 Å². The molecule has 2 aliphatic heterocycles. The molecule has 20 heteroatoms. The Balaban J connectivity index is 0.00000104. The summed E-state index contributed by atoms with van der Waals surface area (Å²) < 4.78 is 27.9. The maximum absolute atomic E-state index is 13.0. The number of aliphatic hydroxyl groups is 11. The van der Waals surface area contributed by atoms with Gasteiger partial charge in [-0.05, 0) is 32.1 Å². The van der Waals surface area contributed by atoms with Crippen molar-refractivity contribution in [3.8, 4) is 0 Å². The first kappa shape index (κ1) is 100. The maximum atomic E-state index is 13.0. The van der Waals surface area contributed by atoms with Crippen molar-refractivity contribution in [1.82, 2.24) is 5.32 Å². The summed E-state index contributed by atoms with van der Waals surface area (Å²) >= 11 is 0. The number of unbranched alkanes of at least 4 members (excludes halogenated alkanes) is 50. The molecule has 0 aromatic rings. The van der Waals surface area contributed by atoms with E-state index in [0.717, 1.165) is 83.5 Å². The molecule has 620 valence electrons. The maximum Gasteiger partial charge on any atom is 0.306 e. The Morgan fingerprint density at radius 1 is 0.356 bits per heavy atom. The van der Waals surface area contributed by atoms with Gasteiger partial charge in [-0.15, -0.1) is 0 Å². The first-order valence-corrected chi connectivity index (χ1v) is 43.7. The van der Waals surface area contributed by atoms with E-state index in [9.17, 15) is 65.8 Å². The molecule has 2 rings (SSSR count). The summed E-state index contributed by atoms with van der Waals surface area (Å²) in [5.74, 6) is -0.589. The number of aliphatic hydroxyl groups excluding tert-OH is 11. The van der Waals surface area contributed by atoms with E-state index in [1.54, 1.807) is 0 Å². The van der Waals surface area contributed by atoms with Crippen LogP contribution in [0.1, 0.15) is 400 Å².